The van der Waals surface area contributed by atoms with Crippen molar-refractivity contribution in [2.24, 2.45) is 0 Å². The molecule has 0 bridgehead atoms. The Morgan fingerprint density at radius 1 is 1.30 bits per heavy atom. The quantitative estimate of drug-likeness (QED) is 0.662. The lowest BCUT2D eigenvalue weighted by Gasteiger charge is -2.44. The number of hydrogen-bond donors (Lipinski definition) is 3. The van der Waals surface area contributed by atoms with E-state index < -0.39 is 6.10 Å². The number of urea groups is 1. The van der Waals surface area contributed by atoms with Crippen LogP contribution >= 0.6 is 0 Å². The van der Waals surface area contributed by atoms with Gasteiger partial charge in [0.25, 0.3) is 0 Å². The summed E-state index contributed by atoms with van der Waals surface area (Å²) in [5.74, 6) is 0.594. The van der Waals surface area contributed by atoms with E-state index in [2.05, 4.69) is 10.6 Å². The second-order valence-electron chi connectivity index (χ2n) is 7.60. The lowest BCUT2D eigenvalue weighted by atomic mass is 9.95. The average Bonchev–Trinajstić information content (AvgIpc) is 2.71. The van der Waals surface area contributed by atoms with Crippen molar-refractivity contribution in [2.75, 3.05) is 38.7 Å². The first-order valence-corrected chi connectivity index (χ1v) is 10.4. The largest absolute Gasteiger partial charge is 0.497 e. The van der Waals surface area contributed by atoms with E-state index in [1.54, 1.807) is 36.3 Å². The Morgan fingerprint density at radius 2 is 2.13 bits per heavy atom. The van der Waals surface area contributed by atoms with E-state index >= 15 is 0 Å². The summed E-state index contributed by atoms with van der Waals surface area (Å²) in [5.41, 5.74) is 0.606. The number of anilines is 1. The minimum Gasteiger partial charge on any atom is -0.497 e. The third kappa shape index (κ3) is 5.84. The number of amides is 3. The van der Waals surface area contributed by atoms with Crippen LogP contribution in [-0.4, -0.2) is 79.7 Å². The molecule has 3 rings (SSSR count). The molecule has 30 heavy (non-hydrogen) atoms. The predicted octanol–water partition coefficient (Wildman–Crippen LogP) is 1.36. The van der Waals surface area contributed by atoms with Gasteiger partial charge in [0.15, 0.2) is 0 Å². The van der Waals surface area contributed by atoms with E-state index in [1.165, 1.54) is 0 Å². The van der Waals surface area contributed by atoms with Crippen LogP contribution in [0, 0.1) is 0 Å². The average molecular weight is 421 g/mol. The Bertz CT molecular complexity index is 730. The number of methoxy groups -OCH3 is 1. The molecule has 0 aromatic heterocycles. The van der Waals surface area contributed by atoms with E-state index in [1.807, 2.05) is 6.92 Å². The van der Waals surface area contributed by atoms with Gasteiger partial charge in [0.05, 0.1) is 51.5 Å². The summed E-state index contributed by atoms with van der Waals surface area (Å²) >= 11 is 0. The van der Waals surface area contributed by atoms with Gasteiger partial charge in [-0.2, -0.15) is 0 Å². The number of carbonyl (C=O) groups is 2. The van der Waals surface area contributed by atoms with Crippen LogP contribution in [-0.2, 0) is 14.3 Å². The number of aliphatic hydroxyl groups excluding tert-OH is 1. The Morgan fingerprint density at radius 3 is 2.90 bits per heavy atom. The topological polar surface area (TPSA) is 109 Å². The van der Waals surface area contributed by atoms with Crippen LogP contribution in [0.4, 0.5) is 10.5 Å². The normalized spacial score (nSPS) is 26.7. The van der Waals surface area contributed by atoms with E-state index in [0.717, 1.165) is 0 Å². The number of benzene rings is 1. The van der Waals surface area contributed by atoms with Gasteiger partial charge in [-0.1, -0.05) is 6.07 Å². The third-order valence-electron chi connectivity index (χ3n) is 5.35. The number of ether oxygens (including phenoxy) is 3. The molecule has 2 fully saturated rings. The standard InChI is InChI=1S/C21H31N3O6/c1-3-22-20(26)10-17-7-8-18-19(30-17)13-29-12-15(25)11-24(18)21(27)23-14-5-4-6-16(9-14)28-2/h4-6,9,15,17-19,25H,3,7-8,10-13H2,1-2H3,(H,22,26)(H,23,27)/t15-,17+,18-,19+/m1/s1. The molecule has 3 amide bonds. The van der Waals surface area contributed by atoms with Crippen molar-refractivity contribution in [2.45, 2.75) is 50.5 Å². The van der Waals surface area contributed by atoms with Crippen LogP contribution in [0.2, 0.25) is 0 Å². The van der Waals surface area contributed by atoms with Crippen LogP contribution in [0.3, 0.4) is 0 Å². The van der Waals surface area contributed by atoms with E-state index in [9.17, 15) is 14.7 Å². The van der Waals surface area contributed by atoms with Crippen LogP contribution in [0.25, 0.3) is 0 Å². The number of rotatable bonds is 5. The number of fused-ring (bicyclic) bond motifs is 1. The fraction of sp³-hybridized carbons (Fsp3) is 0.619. The summed E-state index contributed by atoms with van der Waals surface area (Å²) in [7, 11) is 1.57. The minimum atomic E-state index is -0.782. The number of nitrogens with one attached hydrogen (secondary N) is 2. The van der Waals surface area contributed by atoms with Gasteiger partial charge in [0, 0.05) is 18.3 Å². The molecule has 0 saturated carbocycles. The summed E-state index contributed by atoms with van der Waals surface area (Å²) in [6.45, 7) is 2.98. The van der Waals surface area contributed by atoms with Gasteiger partial charge >= 0.3 is 6.03 Å². The maximum Gasteiger partial charge on any atom is 0.322 e. The summed E-state index contributed by atoms with van der Waals surface area (Å²) < 4.78 is 16.9. The molecule has 9 nitrogen and oxygen atoms in total. The van der Waals surface area contributed by atoms with Crippen molar-refractivity contribution >= 4 is 17.6 Å². The van der Waals surface area contributed by atoms with Gasteiger partial charge in [-0.05, 0) is 31.9 Å². The second kappa shape index (κ2) is 10.6. The molecular weight excluding hydrogens is 390 g/mol. The van der Waals surface area contributed by atoms with Gasteiger partial charge in [-0.3, -0.25) is 4.79 Å². The van der Waals surface area contributed by atoms with E-state index in [0.29, 0.717) is 30.8 Å². The summed E-state index contributed by atoms with van der Waals surface area (Å²) in [5, 5.41) is 15.9. The first-order chi connectivity index (χ1) is 14.5. The lowest BCUT2D eigenvalue weighted by molar-refractivity contribution is -0.149. The van der Waals surface area contributed by atoms with Crippen molar-refractivity contribution in [3.05, 3.63) is 24.3 Å². The van der Waals surface area contributed by atoms with Crippen LogP contribution in [0.15, 0.2) is 24.3 Å². The highest BCUT2D eigenvalue weighted by molar-refractivity contribution is 5.89. The first-order valence-electron chi connectivity index (χ1n) is 10.4. The fourth-order valence-corrected chi connectivity index (χ4v) is 3.95. The van der Waals surface area contributed by atoms with Crippen LogP contribution < -0.4 is 15.4 Å². The highest BCUT2D eigenvalue weighted by Crippen LogP contribution is 2.28. The number of β-amino-alcohol motifs (C(OH)–C–C–N with tert-alkyl or cyclic N) is 1. The SMILES string of the molecule is CCNC(=O)C[C@@H]1CC[C@@H]2[C@H](COC[C@H](O)CN2C(=O)Nc2cccc(OC)c2)O1. The van der Waals surface area contributed by atoms with Crippen molar-refractivity contribution in [1.29, 1.82) is 0 Å². The molecule has 2 aliphatic rings. The van der Waals surface area contributed by atoms with Gasteiger partial charge in [0.1, 0.15) is 11.9 Å². The monoisotopic (exact) mass is 421 g/mol. The zero-order valence-corrected chi connectivity index (χ0v) is 17.5. The van der Waals surface area contributed by atoms with E-state index in [-0.39, 0.29) is 56.4 Å². The Balaban J connectivity index is 1.70. The zero-order valence-electron chi connectivity index (χ0n) is 17.5. The fourth-order valence-electron chi connectivity index (χ4n) is 3.95. The molecule has 1 aromatic carbocycles. The molecule has 4 atom stereocenters. The molecule has 0 unspecified atom stereocenters. The molecule has 166 valence electrons. The minimum absolute atomic E-state index is 0.0456. The summed E-state index contributed by atoms with van der Waals surface area (Å²) in [6, 6.07) is 6.54. The van der Waals surface area contributed by atoms with Gasteiger partial charge in [-0.15, -0.1) is 0 Å². The molecular formula is C21H31N3O6. The molecule has 0 spiro atoms. The van der Waals surface area contributed by atoms with Crippen LogP contribution in [0.1, 0.15) is 26.2 Å². The van der Waals surface area contributed by atoms with Crippen molar-refractivity contribution in [1.82, 2.24) is 10.2 Å². The molecule has 2 heterocycles. The highest BCUT2D eigenvalue weighted by atomic mass is 16.5. The molecule has 0 radical (unpaired) electrons. The van der Waals surface area contributed by atoms with Gasteiger partial charge in [0.2, 0.25) is 5.91 Å². The van der Waals surface area contributed by atoms with Crippen molar-refractivity contribution in [3.8, 4) is 5.75 Å². The number of carbonyl (C=O) groups excluding carboxylic acids is 2. The maximum absolute atomic E-state index is 13.1. The summed E-state index contributed by atoms with van der Waals surface area (Å²) in [6.07, 6.45) is 0.245. The Kier molecular flexibility index (Phi) is 7.89. The molecule has 2 aliphatic heterocycles. The Labute approximate surface area is 176 Å². The van der Waals surface area contributed by atoms with Crippen LogP contribution in [0.5, 0.6) is 5.75 Å². The lowest BCUT2D eigenvalue weighted by Crippen LogP contribution is -2.58. The number of nitrogens with zero attached hydrogens (tertiary/aromatic N) is 1. The van der Waals surface area contributed by atoms with Crippen molar-refractivity contribution in [3.63, 3.8) is 0 Å². The molecule has 1 aromatic rings. The smallest absolute Gasteiger partial charge is 0.322 e. The Hall–Kier alpha value is -2.36. The summed E-state index contributed by atoms with van der Waals surface area (Å²) in [4.78, 5) is 26.6. The number of hydrogen-bond acceptors (Lipinski definition) is 6. The first kappa shape index (κ1) is 22.3. The molecule has 0 aliphatic carbocycles. The zero-order chi connectivity index (χ0) is 21.5. The number of aliphatic hydroxyl groups is 1. The predicted molar refractivity (Wildman–Crippen MR) is 111 cm³/mol. The maximum atomic E-state index is 13.1. The van der Waals surface area contributed by atoms with E-state index in [4.69, 9.17) is 14.2 Å². The molecule has 3 N–H and O–H groups in total. The molecule has 2 saturated heterocycles. The third-order valence-corrected chi connectivity index (χ3v) is 5.35. The molecule has 9 heteroatoms. The van der Waals surface area contributed by atoms with Gasteiger partial charge < -0.3 is 34.9 Å². The van der Waals surface area contributed by atoms with Gasteiger partial charge in [-0.25, -0.2) is 4.79 Å². The highest BCUT2D eigenvalue weighted by Gasteiger charge is 2.40. The second-order valence-corrected chi connectivity index (χ2v) is 7.60. The van der Waals surface area contributed by atoms with Crippen molar-refractivity contribution < 1.29 is 28.9 Å².